The van der Waals surface area contributed by atoms with Crippen LogP contribution in [0.15, 0.2) is 18.2 Å². The molecule has 0 amide bonds. The molecule has 1 aromatic rings. The molecule has 1 rings (SSSR count). The fraction of sp³-hybridized carbons (Fsp3) is 0.625. The Kier molecular flexibility index (Phi) is 6.46. The maximum atomic E-state index is 13.4. The van der Waals surface area contributed by atoms with Crippen molar-refractivity contribution in [3.8, 4) is 0 Å². The molecule has 2 nitrogen and oxygen atoms in total. The average molecular weight is 266 g/mol. The SMILES string of the molecule is CC(C)CN(Cc1cc(F)ccc1CN)CC(C)C. The maximum Gasteiger partial charge on any atom is 0.123 e. The molecular formula is C16H27FN2. The van der Waals surface area contributed by atoms with Crippen LogP contribution in [0, 0.1) is 17.7 Å². The lowest BCUT2D eigenvalue weighted by Crippen LogP contribution is -2.31. The molecule has 0 spiro atoms. The lowest BCUT2D eigenvalue weighted by Gasteiger charge is -2.27. The predicted molar refractivity (Wildman–Crippen MR) is 79.2 cm³/mol. The number of hydrogen-bond acceptors (Lipinski definition) is 2. The van der Waals surface area contributed by atoms with Gasteiger partial charge in [-0.2, -0.15) is 0 Å². The minimum atomic E-state index is -0.179. The van der Waals surface area contributed by atoms with Crippen LogP contribution < -0.4 is 5.73 Å². The van der Waals surface area contributed by atoms with Gasteiger partial charge in [-0.25, -0.2) is 4.39 Å². The molecule has 0 radical (unpaired) electrons. The molecule has 1 aromatic carbocycles. The van der Waals surface area contributed by atoms with Gasteiger partial charge in [-0.15, -0.1) is 0 Å². The van der Waals surface area contributed by atoms with Crippen molar-refractivity contribution >= 4 is 0 Å². The molecule has 0 atom stereocenters. The minimum Gasteiger partial charge on any atom is -0.326 e. The van der Waals surface area contributed by atoms with E-state index in [1.807, 2.05) is 0 Å². The first-order valence-electron chi connectivity index (χ1n) is 7.12. The van der Waals surface area contributed by atoms with E-state index in [9.17, 15) is 4.39 Å². The van der Waals surface area contributed by atoms with Crippen molar-refractivity contribution < 1.29 is 4.39 Å². The Morgan fingerprint density at radius 2 is 1.63 bits per heavy atom. The van der Waals surface area contributed by atoms with Crippen LogP contribution in [0.1, 0.15) is 38.8 Å². The maximum absolute atomic E-state index is 13.4. The lowest BCUT2D eigenvalue weighted by atomic mass is 10.0. The second-order valence-corrected chi connectivity index (χ2v) is 6.10. The molecule has 0 saturated heterocycles. The number of benzene rings is 1. The van der Waals surface area contributed by atoms with E-state index in [0.717, 1.165) is 30.8 Å². The van der Waals surface area contributed by atoms with Crippen molar-refractivity contribution in [1.29, 1.82) is 0 Å². The summed E-state index contributed by atoms with van der Waals surface area (Å²) in [4.78, 5) is 2.39. The molecular weight excluding hydrogens is 239 g/mol. The Labute approximate surface area is 116 Å². The summed E-state index contributed by atoms with van der Waals surface area (Å²) in [6.07, 6.45) is 0. The highest BCUT2D eigenvalue weighted by Gasteiger charge is 2.12. The summed E-state index contributed by atoms with van der Waals surface area (Å²) >= 11 is 0. The van der Waals surface area contributed by atoms with E-state index in [1.165, 1.54) is 6.07 Å². The van der Waals surface area contributed by atoms with E-state index in [2.05, 4.69) is 32.6 Å². The third-order valence-corrected chi connectivity index (χ3v) is 3.03. The lowest BCUT2D eigenvalue weighted by molar-refractivity contribution is 0.211. The standard InChI is InChI=1S/C16H27FN2/c1-12(2)9-19(10-13(3)4)11-15-7-16(17)6-5-14(15)8-18/h5-7,12-13H,8-11,18H2,1-4H3. The number of nitrogens with zero attached hydrogens (tertiary/aromatic N) is 1. The van der Waals surface area contributed by atoms with Crippen molar-refractivity contribution in [3.05, 3.63) is 35.1 Å². The molecule has 0 aliphatic rings. The van der Waals surface area contributed by atoms with Crippen molar-refractivity contribution in [1.82, 2.24) is 4.90 Å². The van der Waals surface area contributed by atoms with Crippen LogP contribution in [0.3, 0.4) is 0 Å². The van der Waals surface area contributed by atoms with Gasteiger partial charge < -0.3 is 5.73 Å². The van der Waals surface area contributed by atoms with Gasteiger partial charge >= 0.3 is 0 Å². The van der Waals surface area contributed by atoms with Crippen LogP contribution in [0.4, 0.5) is 4.39 Å². The first kappa shape index (κ1) is 16.1. The summed E-state index contributed by atoms with van der Waals surface area (Å²) in [5.74, 6) is 1.03. The summed E-state index contributed by atoms with van der Waals surface area (Å²) in [5.41, 5.74) is 7.80. The van der Waals surface area contributed by atoms with Crippen molar-refractivity contribution in [3.63, 3.8) is 0 Å². The molecule has 0 heterocycles. The highest BCUT2D eigenvalue weighted by Crippen LogP contribution is 2.15. The van der Waals surface area contributed by atoms with E-state index < -0.39 is 0 Å². The van der Waals surface area contributed by atoms with Crippen LogP contribution >= 0.6 is 0 Å². The normalized spacial score (nSPS) is 11.8. The second kappa shape index (κ2) is 7.61. The summed E-state index contributed by atoms with van der Waals surface area (Å²) in [6.45, 7) is 12.1. The van der Waals surface area contributed by atoms with Crippen LogP contribution in [0.5, 0.6) is 0 Å². The van der Waals surface area contributed by atoms with Crippen LogP contribution in [0.25, 0.3) is 0 Å². The van der Waals surface area contributed by atoms with Crippen molar-refractivity contribution in [2.24, 2.45) is 17.6 Å². The van der Waals surface area contributed by atoms with Gasteiger partial charge in [-0.05, 0) is 35.1 Å². The zero-order valence-corrected chi connectivity index (χ0v) is 12.6. The molecule has 0 unspecified atom stereocenters. The smallest absolute Gasteiger partial charge is 0.123 e. The highest BCUT2D eigenvalue weighted by molar-refractivity contribution is 5.27. The van der Waals surface area contributed by atoms with E-state index in [0.29, 0.717) is 18.4 Å². The fourth-order valence-electron chi connectivity index (χ4n) is 2.42. The molecule has 0 saturated carbocycles. The summed E-state index contributed by atoms with van der Waals surface area (Å²) in [5, 5.41) is 0. The number of rotatable bonds is 7. The molecule has 2 N–H and O–H groups in total. The first-order valence-corrected chi connectivity index (χ1v) is 7.12. The monoisotopic (exact) mass is 266 g/mol. The molecule has 0 fully saturated rings. The van der Waals surface area contributed by atoms with Crippen molar-refractivity contribution in [2.45, 2.75) is 40.8 Å². The average Bonchev–Trinajstić information content (AvgIpc) is 2.27. The molecule has 108 valence electrons. The highest BCUT2D eigenvalue weighted by atomic mass is 19.1. The summed E-state index contributed by atoms with van der Waals surface area (Å²) in [7, 11) is 0. The summed E-state index contributed by atoms with van der Waals surface area (Å²) in [6, 6.07) is 4.91. The molecule has 0 aliphatic heterocycles. The first-order chi connectivity index (χ1) is 8.92. The predicted octanol–water partition coefficient (Wildman–Crippen LogP) is 3.40. The van der Waals surface area contributed by atoms with E-state index >= 15 is 0 Å². The Balaban J connectivity index is 2.85. The third kappa shape index (κ3) is 5.70. The van der Waals surface area contributed by atoms with Gasteiger partial charge in [-0.1, -0.05) is 33.8 Å². The Morgan fingerprint density at radius 1 is 1.05 bits per heavy atom. The fourth-order valence-corrected chi connectivity index (χ4v) is 2.42. The van der Waals surface area contributed by atoms with Gasteiger partial charge in [0, 0.05) is 26.2 Å². The van der Waals surface area contributed by atoms with Gasteiger partial charge in [0.05, 0.1) is 0 Å². The summed E-state index contributed by atoms with van der Waals surface area (Å²) < 4.78 is 13.4. The molecule has 0 aromatic heterocycles. The van der Waals surface area contributed by atoms with Crippen molar-refractivity contribution in [2.75, 3.05) is 13.1 Å². The topological polar surface area (TPSA) is 29.3 Å². The van der Waals surface area contributed by atoms with Gasteiger partial charge in [0.2, 0.25) is 0 Å². The Hall–Kier alpha value is -0.930. The van der Waals surface area contributed by atoms with Crippen LogP contribution in [-0.2, 0) is 13.1 Å². The second-order valence-electron chi connectivity index (χ2n) is 6.10. The van der Waals surface area contributed by atoms with Crippen LogP contribution in [0.2, 0.25) is 0 Å². The zero-order chi connectivity index (χ0) is 14.4. The van der Waals surface area contributed by atoms with E-state index in [4.69, 9.17) is 5.73 Å². The minimum absolute atomic E-state index is 0.179. The molecule has 0 bridgehead atoms. The van der Waals surface area contributed by atoms with Gasteiger partial charge in [-0.3, -0.25) is 4.90 Å². The molecule has 19 heavy (non-hydrogen) atoms. The largest absolute Gasteiger partial charge is 0.326 e. The number of nitrogens with two attached hydrogens (primary N) is 1. The van der Waals surface area contributed by atoms with Gasteiger partial charge in [0.25, 0.3) is 0 Å². The third-order valence-electron chi connectivity index (χ3n) is 3.03. The van der Waals surface area contributed by atoms with E-state index in [1.54, 1.807) is 12.1 Å². The zero-order valence-electron chi connectivity index (χ0n) is 12.6. The van der Waals surface area contributed by atoms with Gasteiger partial charge in [0.1, 0.15) is 5.82 Å². The molecule has 3 heteroatoms. The van der Waals surface area contributed by atoms with E-state index in [-0.39, 0.29) is 5.82 Å². The Bertz CT molecular complexity index is 378. The Morgan fingerprint density at radius 3 is 2.11 bits per heavy atom. The number of hydrogen-bond donors (Lipinski definition) is 1. The van der Waals surface area contributed by atoms with Crippen LogP contribution in [-0.4, -0.2) is 18.0 Å². The number of halogens is 1. The quantitative estimate of drug-likeness (QED) is 0.819. The molecule has 0 aliphatic carbocycles. The van der Waals surface area contributed by atoms with Gasteiger partial charge in [0.15, 0.2) is 0 Å².